The van der Waals surface area contributed by atoms with Crippen molar-refractivity contribution >= 4 is 23.5 Å². The molecule has 134 valence electrons. The predicted octanol–water partition coefficient (Wildman–Crippen LogP) is 2.08. The Kier molecular flexibility index (Phi) is 4.88. The highest BCUT2D eigenvalue weighted by Crippen LogP contribution is 2.33. The number of para-hydroxylation sites is 1. The molecule has 2 aromatic carbocycles. The molecule has 0 aliphatic carbocycles. The Balaban J connectivity index is 1.63. The quantitative estimate of drug-likeness (QED) is 0.762. The lowest BCUT2D eigenvalue weighted by atomic mass is 10.1. The first-order valence-corrected chi connectivity index (χ1v) is 8.16. The van der Waals surface area contributed by atoms with E-state index in [1.165, 1.54) is 12.1 Å². The van der Waals surface area contributed by atoms with Crippen LogP contribution in [-0.4, -0.2) is 35.5 Å². The SMILES string of the molecule is C[C@H]1Oc2c(cccc2C(=O)NCCc2ccc(C(=O)O)cc2)NC1=O. The van der Waals surface area contributed by atoms with Gasteiger partial charge in [-0.25, -0.2) is 4.79 Å². The van der Waals surface area contributed by atoms with Crippen LogP contribution in [0.4, 0.5) is 5.69 Å². The number of carbonyl (C=O) groups is 3. The number of anilines is 1. The molecule has 7 nitrogen and oxygen atoms in total. The zero-order valence-corrected chi connectivity index (χ0v) is 14.1. The lowest BCUT2D eigenvalue weighted by Crippen LogP contribution is -2.36. The fourth-order valence-electron chi connectivity index (χ4n) is 2.64. The summed E-state index contributed by atoms with van der Waals surface area (Å²) >= 11 is 0. The van der Waals surface area contributed by atoms with E-state index in [-0.39, 0.29) is 17.4 Å². The van der Waals surface area contributed by atoms with E-state index in [4.69, 9.17) is 9.84 Å². The number of amides is 2. The van der Waals surface area contributed by atoms with Gasteiger partial charge in [-0.1, -0.05) is 18.2 Å². The molecule has 0 saturated carbocycles. The van der Waals surface area contributed by atoms with E-state index in [0.29, 0.717) is 30.0 Å². The zero-order valence-electron chi connectivity index (χ0n) is 14.1. The number of rotatable bonds is 5. The van der Waals surface area contributed by atoms with Crippen LogP contribution in [0.1, 0.15) is 33.2 Å². The Hall–Kier alpha value is -3.35. The van der Waals surface area contributed by atoms with Crippen LogP contribution in [0.3, 0.4) is 0 Å². The van der Waals surface area contributed by atoms with Crippen molar-refractivity contribution in [1.29, 1.82) is 0 Å². The molecular weight excluding hydrogens is 336 g/mol. The summed E-state index contributed by atoms with van der Waals surface area (Å²) in [6.45, 7) is 2.00. The zero-order chi connectivity index (χ0) is 18.7. The Bertz CT molecular complexity index is 861. The number of aromatic carboxylic acids is 1. The normalized spacial score (nSPS) is 15.4. The van der Waals surface area contributed by atoms with Gasteiger partial charge in [-0.05, 0) is 43.2 Å². The van der Waals surface area contributed by atoms with Gasteiger partial charge in [-0.2, -0.15) is 0 Å². The van der Waals surface area contributed by atoms with Crippen LogP contribution in [0.25, 0.3) is 0 Å². The van der Waals surface area contributed by atoms with Gasteiger partial charge in [0, 0.05) is 6.54 Å². The fraction of sp³-hybridized carbons (Fsp3) is 0.211. The molecule has 7 heteroatoms. The van der Waals surface area contributed by atoms with Crippen LogP contribution in [0.2, 0.25) is 0 Å². The van der Waals surface area contributed by atoms with Gasteiger partial charge in [0.05, 0.1) is 16.8 Å². The number of carboxylic acid groups (broad SMARTS) is 1. The average molecular weight is 354 g/mol. The molecule has 0 radical (unpaired) electrons. The van der Waals surface area contributed by atoms with Gasteiger partial charge in [0.1, 0.15) is 0 Å². The van der Waals surface area contributed by atoms with Crippen molar-refractivity contribution < 1.29 is 24.2 Å². The third-order valence-corrected chi connectivity index (χ3v) is 4.08. The molecule has 1 aliphatic rings. The molecule has 1 heterocycles. The van der Waals surface area contributed by atoms with Crippen LogP contribution in [-0.2, 0) is 11.2 Å². The Morgan fingerprint density at radius 3 is 2.62 bits per heavy atom. The minimum atomic E-state index is -0.972. The smallest absolute Gasteiger partial charge is 0.335 e. The predicted molar refractivity (Wildman–Crippen MR) is 94.6 cm³/mol. The maximum Gasteiger partial charge on any atom is 0.335 e. The van der Waals surface area contributed by atoms with Crippen LogP contribution >= 0.6 is 0 Å². The number of carbonyl (C=O) groups excluding carboxylic acids is 2. The molecule has 2 aromatic rings. The summed E-state index contributed by atoms with van der Waals surface area (Å²) in [6.07, 6.45) is -0.0986. The van der Waals surface area contributed by atoms with Gasteiger partial charge < -0.3 is 20.5 Å². The van der Waals surface area contributed by atoms with E-state index < -0.39 is 12.1 Å². The molecule has 0 unspecified atom stereocenters. The minimum Gasteiger partial charge on any atom is -0.478 e. The van der Waals surface area contributed by atoms with Crippen LogP contribution in [0.5, 0.6) is 5.75 Å². The Morgan fingerprint density at radius 2 is 1.92 bits per heavy atom. The van der Waals surface area contributed by atoms with E-state index in [1.54, 1.807) is 37.3 Å². The fourth-order valence-corrected chi connectivity index (χ4v) is 2.64. The number of fused-ring (bicyclic) bond motifs is 1. The summed E-state index contributed by atoms with van der Waals surface area (Å²) < 4.78 is 5.57. The highest BCUT2D eigenvalue weighted by Gasteiger charge is 2.27. The molecule has 2 amide bonds. The van der Waals surface area contributed by atoms with Gasteiger partial charge >= 0.3 is 5.97 Å². The topological polar surface area (TPSA) is 105 Å². The second-order valence-corrected chi connectivity index (χ2v) is 5.94. The molecule has 0 aromatic heterocycles. The Labute approximate surface area is 150 Å². The van der Waals surface area contributed by atoms with E-state index in [0.717, 1.165) is 5.56 Å². The van der Waals surface area contributed by atoms with Crippen molar-refractivity contribution in [1.82, 2.24) is 5.32 Å². The van der Waals surface area contributed by atoms with Crippen molar-refractivity contribution in [3.8, 4) is 5.75 Å². The van der Waals surface area contributed by atoms with Gasteiger partial charge in [0.15, 0.2) is 11.9 Å². The maximum absolute atomic E-state index is 12.5. The molecule has 0 fully saturated rings. The lowest BCUT2D eigenvalue weighted by Gasteiger charge is -2.25. The highest BCUT2D eigenvalue weighted by molar-refractivity contribution is 6.04. The molecule has 1 atom stereocenters. The second kappa shape index (κ2) is 7.26. The van der Waals surface area contributed by atoms with Gasteiger partial charge in [-0.3, -0.25) is 9.59 Å². The molecule has 3 rings (SSSR count). The number of nitrogens with one attached hydrogen (secondary N) is 2. The largest absolute Gasteiger partial charge is 0.478 e. The molecule has 0 saturated heterocycles. The van der Waals surface area contributed by atoms with Crippen molar-refractivity contribution in [3.05, 3.63) is 59.2 Å². The van der Waals surface area contributed by atoms with Gasteiger partial charge in [-0.15, -0.1) is 0 Å². The van der Waals surface area contributed by atoms with Crippen molar-refractivity contribution in [2.75, 3.05) is 11.9 Å². The lowest BCUT2D eigenvalue weighted by molar-refractivity contribution is -0.122. The number of carboxylic acids is 1. The maximum atomic E-state index is 12.5. The van der Waals surface area contributed by atoms with Crippen molar-refractivity contribution in [3.63, 3.8) is 0 Å². The first-order valence-electron chi connectivity index (χ1n) is 8.16. The number of ether oxygens (including phenoxy) is 1. The molecule has 0 spiro atoms. The number of hydrogen-bond donors (Lipinski definition) is 3. The monoisotopic (exact) mass is 354 g/mol. The molecule has 1 aliphatic heterocycles. The van der Waals surface area contributed by atoms with Crippen LogP contribution in [0, 0.1) is 0 Å². The number of hydrogen-bond acceptors (Lipinski definition) is 4. The highest BCUT2D eigenvalue weighted by atomic mass is 16.5. The summed E-state index contributed by atoms with van der Waals surface area (Å²) in [5.74, 6) is -1.16. The van der Waals surface area contributed by atoms with Crippen LogP contribution < -0.4 is 15.4 Å². The van der Waals surface area contributed by atoms with Gasteiger partial charge in [0.2, 0.25) is 0 Å². The molecular formula is C19H18N2O5. The van der Waals surface area contributed by atoms with E-state index in [1.807, 2.05) is 0 Å². The standard InChI is InChI=1S/C19H18N2O5/c1-11-17(22)21-15-4-2-3-14(16(15)26-11)18(23)20-10-9-12-5-7-13(8-6-12)19(24)25/h2-8,11H,9-10H2,1H3,(H,20,23)(H,21,22)(H,24,25)/t11-/m1/s1. The van der Waals surface area contributed by atoms with E-state index in [2.05, 4.69) is 10.6 Å². The summed E-state index contributed by atoms with van der Waals surface area (Å²) in [6, 6.07) is 11.5. The molecule has 3 N–H and O–H groups in total. The third-order valence-electron chi connectivity index (χ3n) is 4.08. The van der Waals surface area contributed by atoms with Gasteiger partial charge in [0.25, 0.3) is 11.8 Å². The minimum absolute atomic E-state index is 0.224. The average Bonchev–Trinajstić information content (AvgIpc) is 2.62. The van der Waals surface area contributed by atoms with Crippen molar-refractivity contribution in [2.24, 2.45) is 0 Å². The molecule has 0 bridgehead atoms. The third kappa shape index (κ3) is 3.66. The Morgan fingerprint density at radius 1 is 1.19 bits per heavy atom. The summed E-state index contributed by atoms with van der Waals surface area (Å²) in [5, 5.41) is 14.4. The van der Waals surface area contributed by atoms with Crippen LogP contribution in [0.15, 0.2) is 42.5 Å². The summed E-state index contributed by atoms with van der Waals surface area (Å²) in [7, 11) is 0. The summed E-state index contributed by atoms with van der Waals surface area (Å²) in [4.78, 5) is 35.0. The second-order valence-electron chi connectivity index (χ2n) is 5.94. The summed E-state index contributed by atoms with van der Waals surface area (Å²) in [5.41, 5.74) is 1.98. The first-order chi connectivity index (χ1) is 12.5. The van der Waals surface area contributed by atoms with E-state index >= 15 is 0 Å². The van der Waals surface area contributed by atoms with Crippen molar-refractivity contribution in [2.45, 2.75) is 19.4 Å². The molecule has 26 heavy (non-hydrogen) atoms. The first kappa shape index (κ1) is 17.5. The van der Waals surface area contributed by atoms with E-state index in [9.17, 15) is 14.4 Å². The number of benzene rings is 2.